The molecule has 5 aliphatic carbocycles. The number of hydrogen-bond donors (Lipinski definition) is 1. The first-order valence-corrected chi connectivity index (χ1v) is 13.4. The largest absolute Gasteiger partial charge is 0.354 e. The monoisotopic (exact) mass is 437 g/mol. The van der Waals surface area contributed by atoms with Gasteiger partial charge in [0, 0.05) is 27.2 Å². The van der Waals surface area contributed by atoms with Crippen molar-refractivity contribution in [3.8, 4) is 11.1 Å². The summed E-state index contributed by atoms with van der Waals surface area (Å²) in [7, 11) is 0. The summed E-state index contributed by atoms with van der Waals surface area (Å²) in [6.07, 6.45) is 7.51. The zero-order valence-corrected chi connectivity index (χ0v) is 19.3. The van der Waals surface area contributed by atoms with E-state index >= 15 is 0 Å². The molecule has 1 aromatic heterocycles. The van der Waals surface area contributed by atoms with E-state index in [1.165, 1.54) is 70.2 Å². The summed E-state index contributed by atoms with van der Waals surface area (Å²) in [4.78, 5) is 3.80. The number of rotatable bonds is 0. The van der Waals surface area contributed by atoms with Gasteiger partial charge in [0.2, 0.25) is 0 Å². The Kier molecular flexibility index (Phi) is 2.70. The number of aromatic nitrogens is 1. The van der Waals surface area contributed by atoms with Crippen LogP contribution in [0.25, 0.3) is 43.7 Å². The predicted molar refractivity (Wildman–Crippen MR) is 139 cm³/mol. The van der Waals surface area contributed by atoms with Gasteiger partial charge in [-0.2, -0.15) is 0 Å². The van der Waals surface area contributed by atoms with Gasteiger partial charge in [0.25, 0.3) is 0 Å². The number of hydrogen-bond acceptors (Lipinski definition) is 0. The summed E-state index contributed by atoms with van der Waals surface area (Å²) in [6.45, 7) is 0. The minimum absolute atomic E-state index is 0.262. The van der Waals surface area contributed by atoms with Crippen molar-refractivity contribution in [3.05, 3.63) is 83.9 Å². The maximum absolute atomic E-state index is 3.80. The molecule has 4 unspecified atom stereocenters. The third kappa shape index (κ3) is 1.60. The SMILES string of the molecule is c1ccc2c(c1)-c1c(ccc3[nH]c4ccc5ccccc5c4c13)C21C2CC3CC4CC1C2(C3)C4. The van der Waals surface area contributed by atoms with Crippen molar-refractivity contribution in [1.29, 1.82) is 0 Å². The molecule has 0 aliphatic heterocycles. The summed E-state index contributed by atoms with van der Waals surface area (Å²) in [5.41, 5.74) is 9.90. The zero-order chi connectivity index (χ0) is 21.8. The van der Waals surface area contributed by atoms with Crippen molar-refractivity contribution < 1.29 is 0 Å². The second-order valence-corrected chi connectivity index (χ2v) is 12.3. The lowest BCUT2D eigenvalue weighted by molar-refractivity contribution is -0.0820. The number of aromatic amines is 1. The van der Waals surface area contributed by atoms with Crippen LogP contribution in [0.5, 0.6) is 0 Å². The molecule has 164 valence electrons. The molecule has 1 heteroatoms. The fourth-order valence-corrected chi connectivity index (χ4v) is 10.9. The Labute approximate surface area is 199 Å². The lowest BCUT2D eigenvalue weighted by atomic mass is 9.38. The third-order valence-corrected chi connectivity index (χ3v) is 11.4. The average Bonchev–Trinajstić information content (AvgIpc) is 3.53. The lowest BCUT2D eigenvalue weighted by Gasteiger charge is -2.64. The summed E-state index contributed by atoms with van der Waals surface area (Å²) in [5, 5.41) is 5.60. The van der Waals surface area contributed by atoms with Gasteiger partial charge < -0.3 is 4.98 Å². The molecule has 1 heterocycles. The van der Waals surface area contributed by atoms with Gasteiger partial charge in [-0.3, -0.25) is 0 Å². The normalized spacial score (nSPS) is 35.9. The molecule has 2 spiro atoms. The Morgan fingerprint density at radius 2 is 1.38 bits per heavy atom. The van der Waals surface area contributed by atoms with Crippen LogP contribution in [0.2, 0.25) is 0 Å². The smallest absolute Gasteiger partial charge is 0.0471 e. The van der Waals surface area contributed by atoms with Gasteiger partial charge in [-0.15, -0.1) is 0 Å². The molecule has 4 atom stereocenters. The first-order chi connectivity index (χ1) is 16.8. The van der Waals surface area contributed by atoms with Crippen LogP contribution in [0.3, 0.4) is 0 Å². The quantitative estimate of drug-likeness (QED) is 0.251. The Hall–Kier alpha value is -3.06. The van der Waals surface area contributed by atoms with Crippen LogP contribution < -0.4 is 0 Å². The molecule has 4 saturated carbocycles. The van der Waals surface area contributed by atoms with Gasteiger partial charge in [-0.1, -0.05) is 60.7 Å². The van der Waals surface area contributed by atoms with Gasteiger partial charge in [-0.05, 0) is 106 Å². The van der Waals surface area contributed by atoms with Crippen LogP contribution in [0, 0.1) is 29.1 Å². The van der Waals surface area contributed by atoms with E-state index in [4.69, 9.17) is 0 Å². The van der Waals surface area contributed by atoms with Crippen molar-refractivity contribution in [2.24, 2.45) is 29.1 Å². The fourth-order valence-electron chi connectivity index (χ4n) is 10.9. The molecule has 4 aromatic carbocycles. The van der Waals surface area contributed by atoms with Gasteiger partial charge in [0.15, 0.2) is 0 Å². The maximum Gasteiger partial charge on any atom is 0.0471 e. The molecule has 4 fully saturated rings. The first-order valence-electron chi connectivity index (χ1n) is 13.4. The minimum atomic E-state index is 0.262. The molecule has 3 bridgehead atoms. The fraction of sp³-hybridized carbons (Fsp3) is 0.333. The van der Waals surface area contributed by atoms with Crippen LogP contribution in [0.15, 0.2) is 72.8 Å². The van der Waals surface area contributed by atoms with E-state index in [1.807, 2.05) is 0 Å². The van der Waals surface area contributed by atoms with E-state index in [-0.39, 0.29) is 5.41 Å². The second-order valence-electron chi connectivity index (χ2n) is 12.3. The molecule has 34 heavy (non-hydrogen) atoms. The molecule has 1 N–H and O–H groups in total. The summed E-state index contributed by atoms with van der Waals surface area (Å²) in [6, 6.07) is 28.0. The van der Waals surface area contributed by atoms with E-state index in [9.17, 15) is 0 Å². The van der Waals surface area contributed by atoms with Crippen LogP contribution in [-0.4, -0.2) is 4.98 Å². The Morgan fingerprint density at radius 3 is 2.26 bits per heavy atom. The van der Waals surface area contributed by atoms with Gasteiger partial charge >= 0.3 is 0 Å². The second kappa shape index (κ2) is 5.28. The Balaban J connectivity index is 1.38. The maximum atomic E-state index is 3.80. The van der Waals surface area contributed by atoms with Crippen LogP contribution in [-0.2, 0) is 5.41 Å². The molecule has 1 nitrogen and oxygen atoms in total. The van der Waals surface area contributed by atoms with Gasteiger partial charge in [-0.25, -0.2) is 0 Å². The topological polar surface area (TPSA) is 15.8 Å². The van der Waals surface area contributed by atoms with Crippen molar-refractivity contribution >= 4 is 32.6 Å². The highest BCUT2D eigenvalue weighted by atomic mass is 14.8. The van der Waals surface area contributed by atoms with E-state index < -0.39 is 0 Å². The van der Waals surface area contributed by atoms with Gasteiger partial charge in [0.1, 0.15) is 0 Å². The minimum Gasteiger partial charge on any atom is -0.354 e. The highest BCUT2D eigenvalue weighted by Gasteiger charge is 2.79. The van der Waals surface area contributed by atoms with Crippen molar-refractivity contribution in [3.63, 3.8) is 0 Å². The predicted octanol–water partition coefficient (Wildman–Crippen LogP) is 8.20. The summed E-state index contributed by atoms with van der Waals surface area (Å²) in [5.74, 6) is 3.68. The molecule has 5 aliphatic rings. The third-order valence-electron chi connectivity index (χ3n) is 11.4. The summed E-state index contributed by atoms with van der Waals surface area (Å²) < 4.78 is 0. The molecule has 0 amide bonds. The van der Waals surface area contributed by atoms with Crippen molar-refractivity contribution in [1.82, 2.24) is 4.98 Å². The molecule has 5 aromatic rings. The van der Waals surface area contributed by atoms with Gasteiger partial charge in [0.05, 0.1) is 0 Å². The molecule has 10 rings (SSSR count). The van der Waals surface area contributed by atoms with E-state index in [2.05, 4.69) is 77.8 Å². The zero-order valence-electron chi connectivity index (χ0n) is 19.3. The van der Waals surface area contributed by atoms with Crippen LogP contribution in [0.1, 0.15) is 43.2 Å². The number of nitrogens with one attached hydrogen (secondary N) is 1. The molecular formula is C33H27N. The first kappa shape index (κ1) is 17.4. The van der Waals surface area contributed by atoms with Crippen molar-refractivity contribution in [2.45, 2.75) is 37.5 Å². The highest BCUT2D eigenvalue weighted by Crippen LogP contribution is 2.85. The summed E-state index contributed by atoms with van der Waals surface area (Å²) >= 11 is 0. The number of H-pyrrole nitrogens is 1. The standard InChI is InChI=1S/C33H27N/c1-2-6-21-20(5-1)9-11-25-30(21)31-26(34-25)12-10-24-29(31)22-7-3-4-8-23(22)33(24)27-14-18-13-19-15-28(33)32(27,16-18)17-19/h1-12,18-19,27-28,34H,13-17H2. The molecule has 0 saturated heterocycles. The Bertz CT molecular complexity index is 1710. The molecule has 0 radical (unpaired) electrons. The van der Waals surface area contributed by atoms with Crippen LogP contribution >= 0.6 is 0 Å². The Morgan fingerprint density at radius 1 is 0.647 bits per heavy atom. The average molecular weight is 438 g/mol. The lowest BCUT2D eigenvalue weighted by Crippen LogP contribution is -2.62. The van der Waals surface area contributed by atoms with E-state index in [1.54, 1.807) is 16.7 Å². The number of fused-ring (bicyclic) bond motifs is 15. The molecular weight excluding hydrogens is 410 g/mol. The van der Waals surface area contributed by atoms with Crippen molar-refractivity contribution in [2.75, 3.05) is 0 Å². The van der Waals surface area contributed by atoms with Crippen LogP contribution in [0.4, 0.5) is 0 Å². The number of benzene rings is 4. The van der Waals surface area contributed by atoms with E-state index in [0.29, 0.717) is 5.41 Å². The van der Waals surface area contributed by atoms with E-state index in [0.717, 1.165) is 23.7 Å². The highest BCUT2D eigenvalue weighted by molar-refractivity contribution is 6.25.